The van der Waals surface area contributed by atoms with Gasteiger partial charge in [0.1, 0.15) is 0 Å². The molecule has 2 rings (SSSR count). The molecule has 0 radical (unpaired) electrons. The number of nitrogens with zero attached hydrogens (tertiary/aromatic N) is 1. The molecule has 0 aliphatic rings. The Labute approximate surface area is 139 Å². The van der Waals surface area contributed by atoms with Gasteiger partial charge >= 0.3 is 0 Å². The average molecular weight is 372 g/mol. The fourth-order valence-electron chi connectivity index (χ4n) is 1.95. The quantitative estimate of drug-likeness (QED) is 0.745. The molecule has 0 unspecified atom stereocenters. The van der Waals surface area contributed by atoms with Crippen LogP contribution in [0.3, 0.4) is 0 Å². The number of oxazole rings is 1. The normalized spacial score (nSPS) is 11.9. The van der Waals surface area contributed by atoms with E-state index in [4.69, 9.17) is 16.0 Å². The number of halogens is 2. The number of hydrogen-bond acceptors (Lipinski definition) is 3. The molecular weight excluding hydrogens is 352 g/mol. The first-order valence-electron chi connectivity index (χ1n) is 7.01. The summed E-state index contributed by atoms with van der Waals surface area (Å²) in [4.78, 5) is 4.33. The molecule has 0 saturated carbocycles. The maximum absolute atomic E-state index is 6.27. The van der Waals surface area contributed by atoms with Gasteiger partial charge in [-0.25, -0.2) is 4.98 Å². The van der Waals surface area contributed by atoms with E-state index in [1.165, 1.54) is 0 Å². The van der Waals surface area contributed by atoms with E-state index in [0.717, 1.165) is 35.3 Å². The van der Waals surface area contributed by atoms with Crippen molar-refractivity contribution in [3.63, 3.8) is 0 Å². The van der Waals surface area contributed by atoms with Crippen LogP contribution < -0.4 is 5.32 Å². The van der Waals surface area contributed by atoms with Gasteiger partial charge in [0.25, 0.3) is 0 Å². The van der Waals surface area contributed by atoms with Gasteiger partial charge in [0, 0.05) is 22.0 Å². The highest BCUT2D eigenvalue weighted by atomic mass is 79.9. The summed E-state index contributed by atoms with van der Waals surface area (Å²) in [5, 5.41) is 4.10. The van der Waals surface area contributed by atoms with Crippen LogP contribution in [0.25, 0.3) is 11.3 Å². The first-order chi connectivity index (χ1) is 9.87. The maximum atomic E-state index is 6.27. The Kier molecular flexibility index (Phi) is 5.47. The van der Waals surface area contributed by atoms with Crippen molar-refractivity contribution in [1.82, 2.24) is 10.3 Å². The van der Waals surface area contributed by atoms with Crippen LogP contribution in [-0.4, -0.2) is 17.1 Å². The summed E-state index contributed by atoms with van der Waals surface area (Å²) in [7, 11) is 0. The van der Waals surface area contributed by atoms with Crippen LogP contribution in [0.15, 0.2) is 33.3 Å². The number of hydrogen-bond donors (Lipinski definition) is 1. The fourth-order valence-corrected chi connectivity index (χ4v) is 2.53. The van der Waals surface area contributed by atoms with Gasteiger partial charge < -0.3 is 9.73 Å². The first kappa shape index (κ1) is 16.5. The van der Waals surface area contributed by atoms with Crippen molar-refractivity contribution >= 4 is 27.5 Å². The minimum atomic E-state index is 0.144. The molecule has 0 bridgehead atoms. The fraction of sp³-hybridized carbons (Fsp3) is 0.438. The Bertz CT molecular complexity index is 605. The van der Waals surface area contributed by atoms with E-state index in [1.807, 2.05) is 18.2 Å². The molecule has 0 aliphatic carbocycles. The zero-order valence-corrected chi connectivity index (χ0v) is 14.9. The van der Waals surface area contributed by atoms with Crippen LogP contribution in [0.5, 0.6) is 0 Å². The van der Waals surface area contributed by atoms with E-state index in [-0.39, 0.29) is 5.54 Å². The van der Waals surface area contributed by atoms with E-state index in [0.29, 0.717) is 10.8 Å². The van der Waals surface area contributed by atoms with Gasteiger partial charge in [0.2, 0.25) is 0 Å². The molecule has 0 aliphatic heterocycles. The predicted molar refractivity (Wildman–Crippen MR) is 90.7 cm³/mol. The lowest BCUT2D eigenvalue weighted by Crippen LogP contribution is -2.36. The van der Waals surface area contributed by atoms with Crippen LogP contribution in [0.4, 0.5) is 0 Å². The Balaban J connectivity index is 1.97. The van der Waals surface area contributed by atoms with Crippen LogP contribution in [0.1, 0.15) is 33.1 Å². The Morgan fingerprint density at radius 1 is 1.33 bits per heavy atom. The predicted octanol–water partition coefficient (Wildman–Crippen LogP) is 5.08. The van der Waals surface area contributed by atoms with Crippen molar-refractivity contribution in [3.8, 4) is 11.3 Å². The zero-order chi connectivity index (χ0) is 15.5. The molecule has 2 aromatic rings. The van der Waals surface area contributed by atoms with Crippen molar-refractivity contribution in [2.24, 2.45) is 0 Å². The van der Waals surface area contributed by atoms with Crippen LogP contribution in [-0.2, 0) is 6.42 Å². The van der Waals surface area contributed by atoms with E-state index in [1.54, 1.807) is 6.20 Å². The second-order valence-corrected chi connectivity index (χ2v) is 7.23. The first-order valence-corrected chi connectivity index (χ1v) is 8.18. The lowest BCUT2D eigenvalue weighted by Gasteiger charge is -2.20. The minimum Gasteiger partial charge on any atom is -0.441 e. The van der Waals surface area contributed by atoms with Gasteiger partial charge in [-0.1, -0.05) is 17.7 Å². The van der Waals surface area contributed by atoms with Gasteiger partial charge in [-0.2, -0.15) is 0 Å². The van der Waals surface area contributed by atoms with Crippen molar-refractivity contribution in [1.29, 1.82) is 0 Å². The number of aromatic nitrogens is 1. The number of nitrogens with one attached hydrogen (secondary N) is 1. The largest absolute Gasteiger partial charge is 0.441 e. The summed E-state index contributed by atoms with van der Waals surface area (Å²) in [6.07, 6.45) is 3.54. The molecule has 114 valence electrons. The average Bonchev–Trinajstić information content (AvgIpc) is 2.85. The zero-order valence-electron chi connectivity index (χ0n) is 12.5. The van der Waals surface area contributed by atoms with Gasteiger partial charge in [-0.05, 0) is 61.8 Å². The van der Waals surface area contributed by atoms with Gasteiger partial charge in [-0.15, -0.1) is 0 Å². The summed E-state index contributed by atoms with van der Waals surface area (Å²) in [6.45, 7) is 7.42. The third-order valence-electron chi connectivity index (χ3n) is 2.99. The second-order valence-electron chi connectivity index (χ2n) is 6.00. The molecule has 3 nitrogen and oxygen atoms in total. The van der Waals surface area contributed by atoms with Crippen LogP contribution in [0.2, 0.25) is 5.02 Å². The molecule has 1 aromatic carbocycles. The molecule has 0 fully saturated rings. The molecule has 1 N–H and O–H groups in total. The molecule has 21 heavy (non-hydrogen) atoms. The van der Waals surface area contributed by atoms with Crippen LogP contribution >= 0.6 is 27.5 Å². The van der Waals surface area contributed by atoms with E-state index >= 15 is 0 Å². The topological polar surface area (TPSA) is 38.1 Å². The lowest BCUT2D eigenvalue weighted by molar-refractivity contribution is 0.412. The van der Waals surface area contributed by atoms with Crippen molar-refractivity contribution < 1.29 is 4.42 Å². The monoisotopic (exact) mass is 370 g/mol. The number of rotatable bonds is 5. The third-order valence-corrected chi connectivity index (χ3v) is 4.29. The molecule has 0 spiro atoms. The highest BCUT2D eigenvalue weighted by Crippen LogP contribution is 2.33. The molecule has 1 aromatic heterocycles. The van der Waals surface area contributed by atoms with Crippen molar-refractivity contribution in [3.05, 3.63) is 39.8 Å². The molecular formula is C16H20BrClN2O. The smallest absolute Gasteiger partial charge is 0.194 e. The standard InChI is InChI=1S/C16H20BrClN2O/c1-16(2,3)20-9-5-8-14-19-10-13(21-14)11-6-4-7-12(17)15(11)18/h4,6-7,10,20H,5,8-9H2,1-3H3. The Morgan fingerprint density at radius 3 is 2.81 bits per heavy atom. The molecule has 0 amide bonds. The molecule has 5 heteroatoms. The minimum absolute atomic E-state index is 0.144. The summed E-state index contributed by atoms with van der Waals surface area (Å²) in [6, 6.07) is 5.76. The summed E-state index contributed by atoms with van der Waals surface area (Å²) in [5.41, 5.74) is 1.00. The van der Waals surface area contributed by atoms with Crippen molar-refractivity contribution in [2.75, 3.05) is 6.54 Å². The number of benzene rings is 1. The van der Waals surface area contributed by atoms with E-state index < -0.39 is 0 Å². The summed E-state index contributed by atoms with van der Waals surface area (Å²) < 4.78 is 6.65. The lowest BCUT2D eigenvalue weighted by atomic mass is 10.1. The Morgan fingerprint density at radius 2 is 2.10 bits per heavy atom. The highest BCUT2D eigenvalue weighted by molar-refractivity contribution is 9.10. The molecule has 0 saturated heterocycles. The van der Waals surface area contributed by atoms with Gasteiger partial charge in [0.05, 0.1) is 11.2 Å². The third kappa shape index (κ3) is 4.83. The Hall–Kier alpha value is -0.840. The maximum Gasteiger partial charge on any atom is 0.194 e. The summed E-state index contributed by atoms with van der Waals surface area (Å²) >= 11 is 9.69. The highest BCUT2D eigenvalue weighted by Gasteiger charge is 2.12. The second kappa shape index (κ2) is 6.95. The van der Waals surface area contributed by atoms with Gasteiger partial charge in [0.15, 0.2) is 11.7 Å². The van der Waals surface area contributed by atoms with Gasteiger partial charge in [-0.3, -0.25) is 0 Å². The van der Waals surface area contributed by atoms with E-state index in [9.17, 15) is 0 Å². The number of aryl methyl sites for hydroxylation is 1. The van der Waals surface area contributed by atoms with Crippen LogP contribution in [0, 0.1) is 0 Å². The SMILES string of the molecule is CC(C)(C)NCCCc1ncc(-c2cccc(Br)c2Cl)o1. The summed E-state index contributed by atoms with van der Waals surface area (Å²) in [5.74, 6) is 1.46. The van der Waals surface area contributed by atoms with Crippen molar-refractivity contribution in [2.45, 2.75) is 39.2 Å². The van der Waals surface area contributed by atoms with E-state index in [2.05, 4.69) is 47.0 Å². The molecule has 1 heterocycles. The molecule has 0 atom stereocenters.